The van der Waals surface area contributed by atoms with Gasteiger partial charge in [-0.25, -0.2) is 0 Å². The van der Waals surface area contributed by atoms with Gasteiger partial charge in [-0.05, 0) is 50.6 Å². The van der Waals surface area contributed by atoms with Gasteiger partial charge in [-0.15, -0.1) is 0 Å². The second-order valence-corrected chi connectivity index (χ2v) is 4.77. The molecule has 0 bridgehead atoms. The van der Waals surface area contributed by atoms with E-state index >= 15 is 0 Å². The first-order chi connectivity index (χ1) is 9.13. The quantitative estimate of drug-likeness (QED) is 0.908. The Hall–Kier alpha value is -1.87. The lowest BCUT2D eigenvalue weighted by atomic mass is 10.1. The van der Waals surface area contributed by atoms with Crippen molar-refractivity contribution in [1.29, 1.82) is 0 Å². The van der Waals surface area contributed by atoms with E-state index in [-0.39, 0.29) is 0 Å². The van der Waals surface area contributed by atoms with E-state index in [9.17, 15) is 0 Å². The average molecular weight is 256 g/mol. The molecule has 0 saturated heterocycles. The van der Waals surface area contributed by atoms with Crippen molar-refractivity contribution in [3.63, 3.8) is 0 Å². The first kappa shape index (κ1) is 13.6. The second kappa shape index (κ2) is 5.85. The van der Waals surface area contributed by atoms with Crippen LogP contribution >= 0.6 is 0 Å². The van der Waals surface area contributed by atoms with Crippen LogP contribution in [0.3, 0.4) is 0 Å². The van der Waals surface area contributed by atoms with Crippen molar-refractivity contribution in [2.24, 2.45) is 0 Å². The number of benzene rings is 1. The molecular weight excluding hydrogens is 236 g/mol. The lowest BCUT2D eigenvalue weighted by Crippen LogP contribution is -2.07. The summed E-state index contributed by atoms with van der Waals surface area (Å²) in [4.78, 5) is 4.15. The van der Waals surface area contributed by atoms with Crippen LogP contribution in [0.1, 0.15) is 22.3 Å². The zero-order chi connectivity index (χ0) is 13.8. The topological polar surface area (TPSA) is 34.2 Å². The third-order valence-corrected chi connectivity index (χ3v) is 3.31. The third kappa shape index (κ3) is 2.93. The Balaban J connectivity index is 2.39. The Morgan fingerprint density at radius 1 is 1.11 bits per heavy atom. The summed E-state index contributed by atoms with van der Waals surface area (Å²) in [6.07, 6.45) is 3.60. The molecule has 19 heavy (non-hydrogen) atoms. The van der Waals surface area contributed by atoms with Crippen LogP contribution in [0.25, 0.3) is 0 Å². The second-order valence-electron chi connectivity index (χ2n) is 4.77. The van der Waals surface area contributed by atoms with Crippen LogP contribution in [0.5, 0.6) is 11.5 Å². The van der Waals surface area contributed by atoms with Crippen LogP contribution in [0.4, 0.5) is 0 Å². The number of hydrogen-bond donors (Lipinski definition) is 1. The fraction of sp³-hybridized carbons (Fsp3) is 0.312. The molecule has 0 atom stereocenters. The molecule has 3 heteroatoms. The fourth-order valence-corrected chi connectivity index (χ4v) is 2.03. The summed E-state index contributed by atoms with van der Waals surface area (Å²) in [5.74, 6) is 1.81. The summed E-state index contributed by atoms with van der Waals surface area (Å²) < 4.78 is 6.12. The van der Waals surface area contributed by atoms with Crippen molar-refractivity contribution in [1.82, 2.24) is 10.3 Å². The van der Waals surface area contributed by atoms with E-state index in [4.69, 9.17) is 4.74 Å². The molecule has 0 unspecified atom stereocenters. The predicted octanol–water partition coefficient (Wildman–Crippen LogP) is 3.52. The SMILES string of the molecule is CNCc1cnccc1Oc1c(C)ccc(C)c1C. The Bertz CT molecular complexity index is 579. The summed E-state index contributed by atoms with van der Waals surface area (Å²) >= 11 is 0. The molecule has 0 saturated carbocycles. The van der Waals surface area contributed by atoms with E-state index in [1.807, 2.05) is 19.3 Å². The maximum absolute atomic E-state index is 6.12. The molecule has 0 amide bonds. The van der Waals surface area contributed by atoms with E-state index in [0.717, 1.165) is 29.2 Å². The molecule has 2 rings (SSSR count). The van der Waals surface area contributed by atoms with Gasteiger partial charge in [0.15, 0.2) is 0 Å². The molecule has 2 aromatic rings. The van der Waals surface area contributed by atoms with Crippen LogP contribution in [0.2, 0.25) is 0 Å². The van der Waals surface area contributed by atoms with Gasteiger partial charge in [-0.2, -0.15) is 0 Å². The molecule has 1 heterocycles. The van der Waals surface area contributed by atoms with Gasteiger partial charge in [0, 0.05) is 24.5 Å². The van der Waals surface area contributed by atoms with Crippen molar-refractivity contribution < 1.29 is 4.74 Å². The van der Waals surface area contributed by atoms with Crippen molar-refractivity contribution in [3.05, 3.63) is 52.8 Å². The molecule has 0 aliphatic carbocycles. The van der Waals surface area contributed by atoms with Crippen LogP contribution < -0.4 is 10.1 Å². The van der Waals surface area contributed by atoms with Gasteiger partial charge in [0.25, 0.3) is 0 Å². The number of rotatable bonds is 4. The summed E-state index contributed by atoms with van der Waals surface area (Å²) in [5, 5.41) is 3.13. The van der Waals surface area contributed by atoms with E-state index in [1.54, 1.807) is 6.20 Å². The molecule has 100 valence electrons. The number of ether oxygens (including phenoxy) is 1. The lowest BCUT2D eigenvalue weighted by Gasteiger charge is -2.15. The Labute approximate surface area is 114 Å². The number of hydrogen-bond acceptors (Lipinski definition) is 3. The lowest BCUT2D eigenvalue weighted by molar-refractivity contribution is 0.465. The van der Waals surface area contributed by atoms with Gasteiger partial charge in [-0.1, -0.05) is 12.1 Å². The zero-order valence-electron chi connectivity index (χ0n) is 11.9. The Morgan fingerprint density at radius 3 is 2.58 bits per heavy atom. The first-order valence-electron chi connectivity index (χ1n) is 6.45. The highest BCUT2D eigenvalue weighted by Gasteiger charge is 2.10. The molecule has 1 N–H and O–H groups in total. The molecule has 1 aromatic carbocycles. The maximum Gasteiger partial charge on any atom is 0.135 e. The normalized spacial score (nSPS) is 10.5. The molecule has 3 nitrogen and oxygen atoms in total. The van der Waals surface area contributed by atoms with E-state index < -0.39 is 0 Å². The number of nitrogens with zero attached hydrogens (tertiary/aromatic N) is 1. The highest BCUT2D eigenvalue weighted by molar-refractivity contribution is 5.47. The number of aryl methyl sites for hydroxylation is 2. The standard InChI is InChI=1S/C16H20N2O/c1-11-5-6-12(2)16(13(11)3)19-15-7-8-18-10-14(15)9-17-4/h5-8,10,17H,9H2,1-4H3. The summed E-state index contributed by atoms with van der Waals surface area (Å²) in [6, 6.07) is 6.13. The molecule has 0 spiro atoms. The summed E-state index contributed by atoms with van der Waals surface area (Å²) in [6.45, 7) is 7.01. The third-order valence-electron chi connectivity index (χ3n) is 3.31. The van der Waals surface area contributed by atoms with E-state index in [2.05, 4.69) is 43.2 Å². The Morgan fingerprint density at radius 2 is 1.84 bits per heavy atom. The van der Waals surface area contributed by atoms with Crippen LogP contribution in [-0.2, 0) is 6.54 Å². The number of aromatic nitrogens is 1. The first-order valence-corrected chi connectivity index (χ1v) is 6.45. The fourth-order valence-electron chi connectivity index (χ4n) is 2.03. The van der Waals surface area contributed by atoms with E-state index in [0.29, 0.717) is 0 Å². The monoisotopic (exact) mass is 256 g/mol. The van der Waals surface area contributed by atoms with E-state index in [1.165, 1.54) is 11.1 Å². The zero-order valence-corrected chi connectivity index (χ0v) is 11.9. The van der Waals surface area contributed by atoms with Gasteiger partial charge in [0.05, 0.1) is 0 Å². The smallest absolute Gasteiger partial charge is 0.135 e. The average Bonchev–Trinajstić information content (AvgIpc) is 2.41. The molecular formula is C16H20N2O. The molecule has 0 fully saturated rings. The molecule has 0 aliphatic rings. The van der Waals surface area contributed by atoms with Gasteiger partial charge >= 0.3 is 0 Å². The molecule has 0 radical (unpaired) electrons. The minimum atomic E-state index is 0.743. The van der Waals surface area contributed by atoms with Crippen LogP contribution in [-0.4, -0.2) is 12.0 Å². The maximum atomic E-state index is 6.12. The highest BCUT2D eigenvalue weighted by Crippen LogP contribution is 2.31. The van der Waals surface area contributed by atoms with Crippen molar-refractivity contribution >= 4 is 0 Å². The summed E-state index contributed by atoms with van der Waals surface area (Å²) in [7, 11) is 1.92. The van der Waals surface area contributed by atoms with Gasteiger partial charge in [-0.3, -0.25) is 4.98 Å². The van der Waals surface area contributed by atoms with Crippen LogP contribution in [0, 0.1) is 20.8 Å². The largest absolute Gasteiger partial charge is 0.456 e. The van der Waals surface area contributed by atoms with Gasteiger partial charge < -0.3 is 10.1 Å². The van der Waals surface area contributed by atoms with Gasteiger partial charge in [0.2, 0.25) is 0 Å². The Kier molecular flexibility index (Phi) is 4.17. The predicted molar refractivity (Wildman–Crippen MR) is 77.7 cm³/mol. The number of nitrogens with one attached hydrogen (secondary N) is 1. The summed E-state index contributed by atoms with van der Waals surface area (Å²) in [5.41, 5.74) is 4.64. The highest BCUT2D eigenvalue weighted by atomic mass is 16.5. The minimum absolute atomic E-state index is 0.743. The van der Waals surface area contributed by atoms with Crippen LogP contribution in [0.15, 0.2) is 30.6 Å². The molecule has 0 aliphatic heterocycles. The molecule has 1 aromatic heterocycles. The van der Waals surface area contributed by atoms with Crippen molar-refractivity contribution in [2.45, 2.75) is 27.3 Å². The van der Waals surface area contributed by atoms with Gasteiger partial charge in [0.1, 0.15) is 11.5 Å². The minimum Gasteiger partial charge on any atom is -0.456 e. The van der Waals surface area contributed by atoms with Crippen molar-refractivity contribution in [2.75, 3.05) is 7.05 Å². The number of pyridine rings is 1. The van der Waals surface area contributed by atoms with Crippen molar-refractivity contribution in [3.8, 4) is 11.5 Å².